The molecule has 0 aromatic heterocycles. The van der Waals surface area contributed by atoms with E-state index < -0.39 is 0 Å². The lowest BCUT2D eigenvalue weighted by molar-refractivity contribution is 0.332. The van der Waals surface area contributed by atoms with Crippen molar-refractivity contribution in [3.63, 3.8) is 0 Å². The van der Waals surface area contributed by atoms with Gasteiger partial charge < -0.3 is 15.8 Å². The molecule has 0 saturated heterocycles. The number of benzene rings is 2. The molecule has 0 saturated carbocycles. The molecular formula is C16H20N2O. The third kappa shape index (κ3) is 3.91. The summed E-state index contributed by atoms with van der Waals surface area (Å²) in [7, 11) is 0. The number of aryl methyl sites for hydroxylation is 1. The zero-order valence-corrected chi connectivity index (χ0v) is 11.2. The molecule has 0 unspecified atom stereocenters. The maximum atomic E-state index is 5.85. The molecule has 0 heterocycles. The maximum Gasteiger partial charge on any atom is 0.119 e. The lowest BCUT2D eigenvalue weighted by atomic mass is 10.2. The monoisotopic (exact) mass is 256 g/mol. The van der Waals surface area contributed by atoms with Crippen molar-refractivity contribution >= 4 is 11.4 Å². The van der Waals surface area contributed by atoms with E-state index >= 15 is 0 Å². The van der Waals surface area contributed by atoms with Crippen molar-refractivity contribution in [2.24, 2.45) is 0 Å². The highest BCUT2D eigenvalue weighted by molar-refractivity contribution is 5.65. The SMILES string of the molecule is CCc1cccc(OCCNc2ccccc2N)c1. The molecule has 0 aliphatic carbocycles. The second-order valence-corrected chi connectivity index (χ2v) is 4.36. The van der Waals surface area contributed by atoms with Gasteiger partial charge in [0.1, 0.15) is 12.4 Å². The Morgan fingerprint density at radius 1 is 1.11 bits per heavy atom. The van der Waals surface area contributed by atoms with Crippen LogP contribution in [0.3, 0.4) is 0 Å². The molecule has 3 heteroatoms. The van der Waals surface area contributed by atoms with Crippen LogP contribution in [0.4, 0.5) is 11.4 Å². The fourth-order valence-corrected chi connectivity index (χ4v) is 1.87. The molecule has 0 radical (unpaired) electrons. The van der Waals surface area contributed by atoms with Gasteiger partial charge in [0.25, 0.3) is 0 Å². The molecule has 0 aliphatic heterocycles. The molecule has 0 atom stereocenters. The van der Waals surface area contributed by atoms with Gasteiger partial charge in [-0.2, -0.15) is 0 Å². The molecule has 0 fully saturated rings. The van der Waals surface area contributed by atoms with Crippen LogP contribution in [0.15, 0.2) is 48.5 Å². The average molecular weight is 256 g/mol. The molecular weight excluding hydrogens is 236 g/mol. The first-order valence-electron chi connectivity index (χ1n) is 6.59. The molecule has 3 nitrogen and oxygen atoms in total. The van der Waals surface area contributed by atoms with Gasteiger partial charge in [-0.15, -0.1) is 0 Å². The largest absolute Gasteiger partial charge is 0.492 e. The number of anilines is 2. The van der Waals surface area contributed by atoms with Crippen LogP contribution in [0, 0.1) is 0 Å². The highest BCUT2D eigenvalue weighted by Gasteiger charge is 1.98. The number of para-hydroxylation sites is 2. The van der Waals surface area contributed by atoms with E-state index in [0.717, 1.165) is 30.1 Å². The fourth-order valence-electron chi connectivity index (χ4n) is 1.87. The summed E-state index contributed by atoms with van der Waals surface area (Å²) in [5.41, 5.74) is 8.85. The Morgan fingerprint density at radius 3 is 2.74 bits per heavy atom. The van der Waals surface area contributed by atoms with Gasteiger partial charge >= 0.3 is 0 Å². The zero-order chi connectivity index (χ0) is 13.5. The summed E-state index contributed by atoms with van der Waals surface area (Å²) in [4.78, 5) is 0. The first-order valence-corrected chi connectivity index (χ1v) is 6.59. The van der Waals surface area contributed by atoms with E-state index in [2.05, 4.69) is 24.4 Å². The summed E-state index contributed by atoms with van der Waals surface area (Å²) in [6.07, 6.45) is 1.02. The number of nitrogens with two attached hydrogens (primary N) is 1. The Balaban J connectivity index is 1.79. The number of nitrogen functional groups attached to an aromatic ring is 1. The van der Waals surface area contributed by atoms with Crippen LogP contribution in [0.5, 0.6) is 5.75 Å². The molecule has 0 bridgehead atoms. The van der Waals surface area contributed by atoms with Crippen molar-refractivity contribution in [3.05, 3.63) is 54.1 Å². The van der Waals surface area contributed by atoms with Gasteiger partial charge in [0.05, 0.1) is 11.4 Å². The summed E-state index contributed by atoms with van der Waals surface area (Å²) < 4.78 is 5.71. The van der Waals surface area contributed by atoms with E-state index in [9.17, 15) is 0 Å². The smallest absolute Gasteiger partial charge is 0.119 e. The zero-order valence-electron chi connectivity index (χ0n) is 11.2. The highest BCUT2D eigenvalue weighted by atomic mass is 16.5. The number of rotatable bonds is 6. The molecule has 19 heavy (non-hydrogen) atoms. The van der Waals surface area contributed by atoms with Crippen LogP contribution < -0.4 is 15.8 Å². The lowest BCUT2D eigenvalue weighted by Crippen LogP contribution is -2.12. The van der Waals surface area contributed by atoms with Crippen LogP contribution in [0.1, 0.15) is 12.5 Å². The van der Waals surface area contributed by atoms with Crippen LogP contribution in [0.2, 0.25) is 0 Å². The first kappa shape index (κ1) is 13.3. The number of nitrogens with one attached hydrogen (secondary N) is 1. The summed E-state index contributed by atoms with van der Waals surface area (Å²) >= 11 is 0. The average Bonchev–Trinajstić information content (AvgIpc) is 2.45. The molecule has 100 valence electrons. The third-order valence-corrected chi connectivity index (χ3v) is 2.95. The number of hydrogen-bond acceptors (Lipinski definition) is 3. The van der Waals surface area contributed by atoms with Gasteiger partial charge in [-0.1, -0.05) is 31.2 Å². The highest BCUT2D eigenvalue weighted by Crippen LogP contribution is 2.16. The summed E-state index contributed by atoms with van der Waals surface area (Å²) in [5.74, 6) is 0.919. The van der Waals surface area contributed by atoms with Gasteiger partial charge in [-0.25, -0.2) is 0 Å². The summed E-state index contributed by atoms with van der Waals surface area (Å²) in [6.45, 7) is 3.48. The van der Waals surface area contributed by atoms with Crippen molar-refractivity contribution < 1.29 is 4.74 Å². The minimum absolute atomic E-state index is 0.613. The Hall–Kier alpha value is -2.16. The second-order valence-electron chi connectivity index (χ2n) is 4.36. The molecule has 0 amide bonds. The Labute approximate surface area is 114 Å². The molecule has 0 aliphatic rings. The Morgan fingerprint density at radius 2 is 1.95 bits per heavy atom. The quantitative estimate of drug-likeness (QED) is 0.615. The number of hydrogen-bond donors (Lipinski definition) is 2. The second kappa shape index (κ2) is 6.69. The molecule has 0 spiro atoms. The summed E-state index contributed by atoms with van der Waals surface area (Å²) in [5, 5.41) is 3.26. The predicted octanol–water partition coefficient (Wildman–Crippen LogP) is 3.32. The van der Waals surface area contributed by atoms with Gasteiger partial charge in [-0.3, -0.25) is 0 Å². The van der Waals surface area contributed by atoms with Crippen LogP contribution >= 0.6 is 0 Å². The Kier molecular flexibility index (Phi) is 4.67. The van der Waals surface area contributed by atoms with E-state index in [0.29, 0.717) is 6.61 Å². The van der Waals surface area contributed by atoms with Gasteiger partial charge in [0.2, 0.25) is 0 Å². The number of ether oxygens (including phenoxy) is 1. The minimum Gasteiger partial charge on any atom is -0.492 e. The molecule has 2 aromatic rings. The normalized spacial score (nSPS) is 10.2. The summed E-state index contributed by atoms with van der Waals surface area (Å²) in [6, 6.07) is 15.9. The molecule has 2 aromatic carbocycles. The van der Waals surface area contributed by atoms with Crippen molar-refractivity contribution in [1.29, 1.82) is 0 Å². The fraction of sp³-hybridized carbons (Fsp3) is 0.250. The van der Waals surface area contributed by atoms with E-state index in [1.165, 1.54) is 5.56 Å². The van der Waals surface area contributed by atoms with Crippen LogP contribution in [0.25, 0.3) is 0 Å². The standard InChI is InChI=1S/C16H20N2O/c1-2-13-6-5-7-14(12-13)19-11-10-18-16-9-4-3-8-15(16)17/h3-9,12,18H,2,10-11,17H2,1H3. The topological polar surface area (TPSA) is 47.3 Å². The van der Waals surface area contributed by atoms with E-state index in [-0.39, 0.29) is 0 Å². The Bertz CT molecular complexity index is 526. The van der Waals surface area contributed by atoms with Crippen molar-refractivity contribution in [1.82, 2.24) is 0 Å². The van der Waals surface area contributed by atoms with Crippen molar-refractivity contribution in [2.45, 2.75) is 13.3 Å². The third-order valence-electron chi connectivity index (χ3n) is 2.95. The van der Waals surface area contributed by atoms with Gasteiger partial charge in [0.15, 0.2) is 0 Å². The lowest BCUT2D eigenvalue weighted by Gasteiger charge is -2.10. The first-order chi connectivity index (χ1) is 9.29. The van der Waals surface area contributed by atoms with Gasteiger partial charge in [0, 0.05) is 6.54 Å². The van der Waals surface area contributed by atoms with E-state index in [4.69, 9.17) is 10.5 Å². The maximum absolute atomic E-state index is 5.85. The minimum atomic E-state index is 0.613. The molecule has 3 N–H and O–H groups in total. The molecule has 2 rings (SSSR count). The van der Waals surface area contributed by atoms with E-state index in [1.807, 2.05) is 36.4 Å². The van der Waals surface area contributed by atoms with Gasteiger partial charge in [-0.05, 0) is 36.2 Å². The predicted molar refractivity (Wildman–Crippen MR) is 80.7 cm³/mol. The van der Waals surface area contributed by atoms with Crippen LogP contribution in [-0.2, 0) is 6.42 Å². The van der Waals surface area contributed by atoms with Crippen LogP contribution in [-0.4, -0.2) is 13.2 Å². The van der Waals surface area contributed by atoms with Crippen molar-refractivity contribution in [3.8, 4) is 5.75 Å². The van der Waals surface area contributed by atoms with Crippen molar-refractivity contribution in [2.75, 3.05) is 24.2 Å². The van der Waals surface area contributed by atoms with E-state index in [1.54, 1.807) is 0 Å².